The molecule has 21 heavy (non-hydrogen) atoms. The second-order valence-corrected chi connectivity index (χ2v) is 5.17. The molecule has 1 aromatic heterocycles. The molecule has 0 radical (unpaired) electrons. The summed E-state index contributed by atoms with van der Waals surface area (Å²) in [7, 11) is 3.11. The van der Waals surface area contributed by atoms with Crippen molar-refractivity contribution < 1.29 is 17.9 Å². The lowest BCUT2D eigenvalue weighted by atomic mass is 9.96. The molecule has 2 rings (SSSR count). The van der Waals surface area contributed by atoms with Gasteiger partial charge in [-0.05, 0) is 12.3 Å². The highest BCUT2D eigenvalue weighted by atomic mass is 19.4. The molecule has 1 fully saturated rings. The van der Waals surface area contributed by atoms with Crippen LogP contribution in [0.1, 0.15) is 19.0 Å². The lowest BCUT2D eigenvalue weighted by Gasteiger charge is -2.37. The standard InChI is InChI=1S/C13H19F3N4O/c1-8-4-5-20(7-9(8)21-3)11-6-10(13(14,15)16)18-12(17-2)19-11/h6,8-9H,4-5,7H2,1-3H3,(H,17,18,19). The minimum Gasteiger partial charge on any atom is -0.379 e. The highest BCUT2D eigenvalue weighted by Gasteiger charge is 2.35. The van der Waals surface area contributed by atoms with Crippen molar-refractivity contribution in [2.75, 3.05) is 37.5 Å². The van der Waals surface area contributed by atoms with Gasteiger partial charge in [-0.15, -0.1) is 0 Å². The number of anilines is 2. The van der Waals surface area contributed by atoms with E-state index in [4.69, 9.17) is 4.74 Å². The summed E-state index contributed by atoms with van der Waals surface area (Å²) >= 11 is 0. The maximum Gasteiger partial charge on any atom is 0.433 e. The average Bonchev–Trinajstić information content (AvgIpc) is 2.46. The molecule has 2 heterocycles. The first kappa shape index (κ1) is 15.8. The monoisotopic (exact) mass is 304 g/mol. The molecule has 2 unspecified atom stereocenters. The molecule has 0 aromatic carbocycles. The molecule has 0 bridgehead atoms. The Balaban J connectivity index is 2.30. The molecule has 5 nitrogen and oxygen atoms in total. The van der Waals surface area contributed by atoms with Crippen LogP contribution in [0, 0.1) is 5.92 Å². The number of hydrogen-bond donors (Lipinski definition) is 1. The Bertz CT molecular complexity index is 495. The van der Waals surface area contributed by atoms with E-state index >= 15 is 0 Å². The number of hydrogen-bond acceptors (Lipinski definition) is 5. The Morgan fingerprint density at radius 3 is 2.67 bits per heavy atom. The smallest absolute Gasteiger partial charge is 0.379 e. The van der Waals surface area contributed by atoms with Gasteiger partial charge in [-0.2, -0.15) is 18.2 Å². The van der Waals surface area contributed by atoms with Crippen LogP contribution in [0.15, 0.2) is 6.07 Å². The van der Waals surface area contributed by atoms with E-state index in [-0.39, 0.29) is 17.9 Å². The molecule has 2 atom stereocenters. The number of alkyl halides is 3. The number of methoxy groups -OCH3 is 1. The fourth-order valence-electron chi connectivity index (χ4n) is 2.40. The van der Waals surface area contributed by atoms with Crippen molar-refractivity contribution in [3.63, 3.8) is 0 Å². The van der Waals surface area contributed by atoms with Crippen LogP contribution in [0.4, 0.5) is 24.9 Å². The summed E-state index contributed by atoms with van der Waals surface area (Å²) in [6, 6.07) is 0.990. The van der Waals surface area contributed by atoms with E-state index in [1.165, 1.54) is 7.05 Å². The van der Waals surface area contributed by atoms with Crippen molar-refractivity contribution in [1.82, 2.24) is 9.97 Å². The molecule has 0 saturated carbocycles. The lowest BCUT2D eigenvalue weighted by molar-refractivity contribution is -0.141. The van der Waals surface area contributed by atoms with Crippen molar-refractivity contribution in [3.8, 4) is 0 Å². The van der Waals surface area contributed by atoms with Gasteiger partial charge in [0.15, 0.2) is 5.69 Å². The molecule has 0 aliphatic carbocycles. The molecule has 8 heteroatoms. The van der Waals surface area contributed by atoms with Gasteiger partial charge in [0.1, 0.15) is 5.82 Å². The van der Waals surface area contributed by atoms with E-state index in [9.17, 15) is 13.2 Å². The summed E-state index contributed by atoms with van der Waals surface area (Å²) in [5, 5.41) is 2.57. The summed E-state index contributed by atoms with van der Waals surface area (Å²) in [6.07, 6.45) is -3.66. The molecule has 118 valence electrons. The first-order valence-corrected chi connectivity index (χ1v) is 6.77. The predicted molar refractivity (Wildman–Crippen MR) is 73.4 cm³/mol. The SMILES string of the molecule is CNc1nc(N2CCC(C)C(OC)C2)cc(C(F)(F)F)n1. The highest BCUT2D eigenvalue weighted by Crippen LogP contribution is 2.32. The van der Waals surface area contributed by atoms with Gasteiger partial charge < -0.3 is 15.0 Å². The number of piperidine rings is 1. The molecular weight excluding hydrogens is 285 g/mol. The average molecular weight is 304 g/mol. The van der Waals surface area contributed by atoms with Gasteiger partial charge in [0.25, 0.3) is 0 Å². The predicted octanol–water partition coefficient (Wildman–Crippen LogP) is 2.40. The Labute approximate surface area is 121 Å². The lowest BCUT2D eigenvalue weighted by Crippen LogP contribution is -2.44. The normalized spacial score (nSPS) is 23.2. The molecule has 1 aliphatic heterocycles. The van der Waals surface area contributed by atoms with E-state index in [0.29, 0.717) is 19.0 Å². The summed E-state index contributed by atoms with van der Waals surface area (Å²) < 4.78 is 44.1. The molecule has 0 amide bonds. The first-order chi connectivity index (χ1) is 9.85. The van der Waals surface area contributed by atoms with E-state index in [0.717, 1.165) is 12.5 Å². The third-order valence-corrected chi connectivity index (χ3v) is 3.74. The summed E-state index contributed by atoms with van der Waals surface area (Å²) in [4.78, 5) is 9.41. The minimum absolute atomic E-state index is 0.0129. The Hall–Kier alpha value is -1.57. The fourth-order valence-corrected chi connectivity index (χ4v) is 2.40. The fraction of sp³-hybridized carbons (Fsp3) is 0.692. The first-order valence-electron chi connectivity index (χ1n) is 6.77. The minimum atomic E-state index is -4.49. The van der Waals surface area contributed by atoms with Crippen LogP contribution >= 0.6 is 0 Å². The van der Waals surface area contributed by atoms with E-state index in [1.54, 1.807) is 7.11 Å². The molecular formula is C13H19F3N4O. The molecule has 0 spiro atoms. The van der Waals surface area contributed by atoms with E-state index in [2.05, 4.69) is 22.2 Å². The number of nitrogens with zero attached hydrogens (tertiary/aromatic N) is 3. The van der Waals surface area contributed by atoms with Crippen molar-refractivity contribution >= 4 is 11.8 Å². The third kappa shape index (κ3) is 3.55. The zero-order chi connectivity index (χ0) is 15.6. The zero-order valence-corrected chi connectivity index (χ0v) is 12.2. The Morgan fingerprint density at radius 2 is 2.10 bits per heavy atom. The number of aromatic nitrogens is 2. The number of rotatable bonds is 3. The van der Waals surface area contributed by atoms with Crippen LogP contribution in [0.2, 0.25) is 0 Å². The van der Waals surface area contributed by atoms with Gasteiger partial charge in [0.05, 0.1) is 6.10 Å². The van der Waals surface area contributed by atoms with Gasteiger partial charge in [-0.1, -0.05) is 6.92 Å². The van der Waals surface area contributed by atoms with Crippen molar-refractivity contribution in [1.29, 1.82) is 0 Å². The third-order valence-electron chi connectivity index (χ3n) is 3.74. The van der Waals surface area contributed by atoms with Crippen LogP contribution in [-0.2, 0) is 10.9 Å². The van der Waals surface area contributed by atoms with Crippen LogP contribution in [0.3, 0.4) is 0 Å². The second kappa shape index (κ2) is 6.05. The summed E-state index contributed by atoms with van der Waals surface area (Å²) in [5.41, 5.74) is -0.940. The maximum absolute atomic E-state index is 12.9. The topological polar surface area (TPSA) is 50.3 Å². The van der Waals surface area contributed by atoms with Crippen LogP contribution < -0.4 is 10.2 Å². The van der Waals surface area contributed by atoms with Gasteiger partial charge in [-0.3, -0.25) is 0 Å². The number of nitrogens with one attached hydrogen (secondary N) is 1. The number of halogens is 3. The largest absolute Gasteiger partial charge is 0.433 e. The van der Waals surface area contributed by atoms with Gasteiger partial charge >= 0.3 is 6.18 Å². The quantitative estimate of drug-likeness (QED) is 0.929. The van der Waals surface area contributed by atoms with Crippen molar-refractivity contribution in [2.24, 2.45) is 5.92 Å². The summed E-state index contributed by atoms with van der Waals surface area (Å²) in [6.45, 7) is 3.25. The zero-order valence-electron chi connectivity index (χ0n) is 12.2. The van der Waals surface area contributed by atoms with Gasteiger partial charge in [-0.25, -0.2) is 4.98 Å². The summed E-state index contributed by atoms with van der Waals surface area (Å²) in [5.74, 6) is 0.613. The second-order valence-electron chi connectivity index (χ2n) is 5.17. The van der Waals surface area contributed by atoms with Crippen molar-refractivity contribution in [2.45, 2.75) is 25.6 Å². The molecule has 1 N–H and O–H groups in total. The molecule has 1 aromatic rings. The number of ether oxygens (including phenoxy) is 1. The van der Waals surface area contributed by atoms with Crippen LogP contribution in [0.25, 0.3) is 0 Å². The van der Waals surface area contributed by atoms with Crippen molar-refractivity contribution in [3.05, 3.63) is 11.8 Å². The molecule has 1 aliphatic rings. The van der Waals surface area contributed by atoms with Crippen LogP contribution in [-0.4, -0.2) is 43.3 Å². The maximum atomic E-state index is 12.9. The van der Waals surface area contributed by atoms with E-state index in [1.807, 2.05) is 4.90 Å². The molecule has 1 saturated heterocycles. The Morgan fingerprint density at radius 1 is 1.38 bits per heavy atom. The van der Waals surface area contributed by atoms with E-state index < -0.39 is 11.9 Å². The van der Waals surface area contributed by atoms with Gasteiger partial charge in [0, 0.05) is 33.3 Å². The Kier molecular flexibility index (Phi) is 4.55. The van der Waals surface area contributed by atoms with Crippen LogP contribution in [0.5, 0.6) is 0 Å². The highest BCUT2D eigenvalue weighted by molar-refractivity contribution is 5.46. The van der Waals surface area contributed by atoms with Gasteiger partial charge in [0.2, 0.25) is 5.95 Å².